The summed E-state index contributed by atoms with van der Waals surface area (Å²) in [5.41, 5.74) is 5.12. The van der Waals surface area contributed by atoms with Gasteiger partial charge in [-0.25, -0.2) is 9.59 Å². The number of furan rings is 1. The molecule has 0 spiro atoms. The predicted molar refractivity (Wildman–Crippen MR) is 156 cm³/mol. The lowest BCUT2D eigenvalue weighted by Crippen LogP contribution is -2.44. The number of aliphatic carboxylic acids is 1. The Labute approximate surface area is 231 Å². The average molecular weight is 540 g/mol. The molecule has 0 aliphatic rings. The van der Waals surface area contributed by atoms with Crippen LogP contribution in [0.3, 0.4) is 0 Å². The van der Waals surface area contributed by atoms with Gasteiger partial charge in [0.2, 0.25) is 0 Å². The summed E-state index contributed by atoms with van der Waals surface area (Å²) < 4.78 is 11.4. The largest absolute Gasteiger partial charge is 0.480 e. The molecule has 4 aromatic carbocycles. The van der Waals surface area contributed by atoms with E-state index in [0.29, 0.717) is 0 Å². The highest BCUT2D eigenvalue weighted by Gasteiger charge is 2.24. The van der Waals surface area contributed by atoms with Gasteiger partial charge in [0.1, 0.15) is 22.8 Å². The number of amides is 1. The summed E-state index contributed by atoms with van der Waals surface area (Å²) in [5.74, 6) is -0.955. The number of para-hydroxylation sites is 2. The Kier molecular flexibility index (Phi) is 7.35. The number of carboxylic acids is 1. The Morgan fingerprint density at radius 3 is 2.31 bits per heavy atom. The van der Waals surface area contributed by atoms with Gasteiger partial charge in [0.25, 0.3) is 0 Å². The zero-order valence-corrected chi connectivity index (χ0v) is 22.7. The van der Waals surface area contributed by atoms with Crippen LogP contribution in [0.5, 0.6) is 0 Å². The first-order chi connectivity index (χ1) is 18.7. The molecular weight excluding hydrogens is 510 g/mol. The number of hydrogen-bond acceptors (Lipinski definition) is 5. The zero-order valence-electron chi connectivity index (χ0n) is 21.9. The first-order valence-corrected chi connectivity index (χ1v) is 13.6. The third-order valence-corrected chi connectivity index (χ3v) is 7.24. The molecule has 6 nitrogen and oxygen atoms in total. The van der Waals surface area contributed by atoms with Crippen LogP contribution < -0.4 is 5.32 Å². The van der Waals surface area contributed by atoms with Gasteiger partial charge in [-0.3, -0.25) is 0 Å². The van der Waals surface area contributed by atoms with Gasteiger partial charge in [-0.1, -0.05) is 66.7 Å². The van der Waals surface area contributed by atoms with Crippen molar-refractivity contribution in [2.75, 3.05) is 5.75 Å². The maximum atomic E-state index is 12.1. The summed E-state index contributed by atoms with van der Waals surface area (Å²) in [7, 11) is 0. The van der Waals surface area contributed by atoms with Gasteiger partial charge >= 0.3 is 12.1 Å². The van der Waals surface area contributed by atoms with Crippen LogP contribution in [0, 0.1) is 0 Å². The van der Waals surface area contributed by atoms with E-state index in [2.05, 4.69) is 41.7 Å². The Morgan fingerprint density at radius 1 is 0.872 bits per heavy atom. The fourth-order valence-electron chi connectivity index (χ4n) is 4.41. The Hall–Kier alpha value is -4.23. The summed E-state index contributed by atoms with van der Waals surface area (Å²) in [6.07, 6.45) is -0.750. The number of hydrogen-bond donors (Lipinski definition) is 2. The van der Waals surface area contributed by atoms with E-state index in [4.69, 9.17) is 9.15 Å². The molecule has 0 radical (unpaired) electrons. The van der Waals surface area contributed by atoms with Crippen molar-refractivity contribution < 1.29 is 23.8 Å². The smallest absolute Gasteiger partial charge is 0.408 e. The third kappa shape index (κ3) is 6.10. The number of nitrogens with one attached hydrogen (secondary N) is 1. The van der Waals surface area contributed by atoms with Crippen molar-refractivity contribution in [3.8, 4) is 22.3 Å². The minimum atomic E-state index is -1.11. The number of fused-ring (bicyclic) bond motifs is 3. The quantitative estimate of drug-likeness (QED) is 0.204. The van der Waals surface area contributed by atoms with Crippen LogP contribution in [0.4, 0.5) is 4.79 Å². The number of thioether (sulfide) groups is 1. The molecule has 0 fully saturated rings. The van der Waals surface area contributed by atoms with Crippen LogP contribution in [0.15, 0.2) is 100 Å². The molecule has 1 atom stereocenters. The molecule has 0 aliphatic carbocycles. The van der Waals surface area contributed by atoms with Crippen LogP contribution >= 0.6 is 11.8 Å². The Morgan fingerprint density at radius 2 is 1.54 bits per heavy atom. The van der Waals surface area contributed by atoms with Crippen LogP contribution in [0.25, 0.3) is 44.2 Å². The fraction of sp³-hybridized carbons (Fsp3) is 0.188. The van der Waals surface area contributed by atoms with Gasteiger partial charge < -0.3 is 19.6 Å². The Balaban J connectivity index is 1.37. The lowest BCUT2D eigenvalue weighted by molar-refractivity contribution is -0.138. The molecule has 2 N–H and O–H groups in total. The number of carboxylic acid groups (broad SMARTS) is 1. The van der Waals surface area contributed by atoms with Crippen LogP contribution in [-0.4, -0.2) is 34.6 Å². The van der Waals surface area contributed by atoms with Gasteiger partial charge in [0, 0.05) is 27.0 Å². The van der Waals surface area contributed by atoms with E-state index in [1.54, 1.807) is 20.8 Å². The molecule has 1 amide bonds. The fourth-order valence-corrected chi connectivity index (χ4v) is 5.38. The lowest BCUT2D eigenvalue weighted by Gasteiger charge is -2.21. The Bertz CT molecular complexity index is 1670. The summed E-state index contributed by atoms with van der Waals surface area (Å²) in [4.78, 5) is 24.7. The number of rotatable bonds is 7. The van der Waals surface area contributed by atoms with E-state index in [0.717, 1.165) is 49.1 Å². The third-order valence-electron chi connectivity index (χ3n) is 6.15. The molecule has 0 saturated heterocycles. The molecule has 0 saturated carbocycles. The van der Waals surface area contributed by atoms with Gasteiger partial charge in [-0.2, -0.15) is 0 Å². The summed E-state index contributed by atoms with van der Waals surface area (Å²) >= 11 is 1.36. The summed E-state index contributed by atoms with van der Waals surface area (Å²) in [5, 5.41) is 14.2. The van der Waals surface area contributed by atoms with Crippen molar-refractivity contribution in [1.29, 1.82) is 0 Å². The van der Waals surface area contributed by atoms with E-state index in [1.807, 2.05) is 54.6 Å². The molecule has 7 heteroatoms. The van der Waals surface area contributed by atoms with E-state index in [1.165, 1.54) is 11.8 Å². The highest BCUT2D eigenvalue weighted by atomic mass is 32.2. The SMILES string of the molecule is CC(C)(C)OC(=O)NC(CSc1cccc(-c2cccc(-c3cccc4c3oc3ccccc34)c2)c1)C(=O)O. The standard InChI is InChI=1S/C32H29NO5S/c1-32(2,3)38-31(36)33-27(30(34)35)19-39-23-12-7-10-21(18-23)20-9-6-11-22(17-20)24-14-8-15-26-25-13-4-5-16-28(25)37-29(24)26/h4-18,27H,19H2,1-3H3,(H,33,36)(H,34,35). The maximum Gasteiger partial charge on any atom is 0.408 e. The predicted octanol–water partition coefficient (Wildman–Crippen LogP) is 7.99. The molecule has 39 heavy (non-hydrogen) atoms. The van der Waals surface area contributed by atoms with Crippen molar-refractivity contribution in [2.45, 2.75) is 37.3 Å². The number of carbonyl (C=O) groups is 2. The molecular formula is C32H29NO5S. The first kappa shape index (κ1) is 26.4. The molecule has 0 aliphatic heterocycles. The number of ether oxygens (including phenoxy) is 1. The highest BCUT2D eigenvalue weighted by Crippen LogP contribution is 2.37. The van der Waals surface area contributed by atoms with Crippen LogP contribution in [0.1, 0.15) is 20.8 Å². The highest BCUT2D eigenvalue weighted by molar-refractivity contribution is 7.99. The lowest BCUT2D eigenvalue weighted by atomic mass is 9.98. The van der Waals surface area contributed by atoms with Gasteiger partial charge in [-0.15, -0.1) is 11.8 Å². The van der Waals surface area contributed by atoms with Crippen LogP contribution in [-0.2, 0) is 9.53 Å². The molecule has 1 heterocycles. The molecule has 0 bridgehead atoms. The second-order valence-corrected chi connectivity index (χ2v) is 11.3. The van der Waals surface area contributed by atoms with E-state index in [9.17, 15) is 14.7 Å². The minimum Gasteiger partial charge on any atom is -0.480 e. The van der Waals surface area contributed by atoms with Crippen molar-refractivity contribution in [3.05, 3.63) is 91.0 Å². The number of alkyl carbamates (subject to hydrolysis) is 1. The second-order valence-electron chi connectivity index (χ2n) is 10.2. The van der Waals surface area contributed by atoms with Crippen molar-refractivity contribution >= 4 is 45.8 Å². The minimum absolute atomic E-state index is 0.159. The van der Waals surface area contributed by atoms with Gasteiger partial charge in [0.15, 0.2) is 0 Å². The summed E-state index contributed by atoms with van der Waals surface area (Å²) in [6.45, 7) is 5.19. The molecule has 1 aromatic heterocycles. The van der Waals surface area contributed by atoms with Crippen molar-refractivity contribution in [2.24, 2.45) is 0 Å². The average Bonchev–Trinajstić information content (AvgIpc) is 3.29. The van der Waals surface area contributed by atoms with E-state index in [-0.39, 0.29) is 5.75 Å². The van der Waals surface area contributed by atoms with Gasteiger partial charge in [0.05, 0.1) is 0 Å². The van der Waals surface area contributed by atoms with E-state index >= 15 is 0 Å². The molecule has 198 valence electrons. The first-order valence-electron chi connectivity index (χ1n) is 12.6. The second kappa shape index (κ2) is 10.9. The van der Waals surface area contributed by atoms with Crippen molar-refractivity contribution in [3.63, 3.8) is 0 Å². The summed E-state index contributed by atoms with van der Waals surface area (Å²) in [6, 6.07) is 29.4. The maximum absolute atomic E-state index is 12.1. The molecule has 1 unspecified atom stereocenters. The van der Waals surface area contributed by atoms with E-state index < -0.39 is 23.7 Å². The van der Waals surface area contributed by atoms with Crippen LogP contribution in [0.2, 0.25) is 0 Å². The molecule has 5 rings (SSSR count). The van der Waals surface area contributed by atoms with Crippen molar-refractivity contribution in [1.82, 2.24) is 5.32 Å². The van der Waals surface area contributed by atoms with Gasteiger partial charge in [-0.05, 0) is 61.7 Å². The normalized spacial score (nSPS) is 12.4. The number of carbonyl (C=O) groups excluding carboxylic acids is 1. The number of benzene rings is 4. The zero-order chi connectivity index (χ0) is 27.6. The topological polar surface area (TPSA) is 88.8 Å². The monoisotopic (exact) mass is 539 g/mol. The molecule has 5 aromatic rings.